The molecule has 0 N–H and O–H groups in total. The van der Waals surface area contributed by atoms with Gasteiger partial charge in [-0.15, -0.1) is 5.06 Å². The zero-order chi connectivity index (χ0) is 26.3. The van der Waals surface area contributed by atoms with Crippen LogP contribution in [0.3, 0.4) is 0 Å². The Hall–Kier alpha value is -4.21. The van der Waals surface area contributed by atoms with Gasteiger partial charge in [-0.25, -0.2) is 4.79 Å². The average Bonchev–Trinajstić information content (AvgIpc) is 3.36. The molecule has 3 aliphatic heterocycles. The van der Waals surface area contributed by atoms with Crippen LogP contribution >= 0.6 is 0 Å². The monoisotopic (exact) mass is 504 g/mol. The summed E-state index contributed by atoms with van der Waals surface area (Å²) in [7, 11) is 3.51. The molecule has 0 radical (unpaired) electrons. The molecule has 0 aromatic heterocycles. The molecule has 2 aromatic carbocycles. The quantitative estimate of drug-likeness (QED) is 0.533. The van der Waals surface area contributed by atoms with Gasteiger partial charge < -0.3 is 14.5 Å². The summed E-state index contributed by atoms with van der Waals surface area (Å²) in [6.45, 7) is 2.49. The molecule has 5 rings (SSSR count). The molecule has 192 valence electrons. The minimum atomic E-state index is -0.608. The van der Waals surface area contributed by atoms with Crippen molar-refractivity contribution in [3.05, 3.63) is 47.0 Å². The number of hydroxylamine groups is 2. The molecule has 0 aliphatic carbocycles. The normalized spacial score (nSPS) is 17.9. The van der Waals surface area contributed by atoms with E-state index in [1.165, 1.54) is 0 Å². The molecular weight excluding hydrogens is 476 g/mol. The summed E-state index contributed by atoms with van der Waals surface area (Å²) in [5.41, 5.74) is 4.94. The third kappa shape index (κ3) is 4.54. The summed E-state index contributed by atoms with van der Waals surface area (Å²) in [5.74, 6) is -1.03. The van der Waals surface area contributed by atoms with Gasteiger partial charge in [0.2, 0.25) is 0 Å². The number of rotatable bonds is 7. The Morgan fingerprint density at radius 2 is 1.89 bits per heavy atom. The Bertz CT molecular complexity index is 1320. The van der Waals surface area contributed by atoms with E-state index in [2.05, 4.69) is 11.1 Å². The SMILES string of the molecule is COc1cc2c(cc1C)N=C[C@@H]1Cc3cc(N(C)CCCC(=O)ON4C(=O)CCC4=O)ccc3N1C2=O. The van der Waals surface area contributed by atoms with Crippen LogP contribution in [0.4, 0.5) is 17.1 Å². The molecule has 1 atom stereocenters. The fourth-order valence-corrected chi connectivity index (χ4v) is 4.94. The van der Waals surface area contributed by atoms with E-state index in [1.807, 2.05) is 43.3 Å². The van der Waals surface area contributed by atoms with Crippen molar-refractivity contribution in [2.24, 2.45) is 4.99 Å². The zero-order valence-corrected chi connectivity index (χ0v) is 21.0. The highest BCUT2D eigenvalue weighted by Gasteiger charge is 2.37. The number of imide groups is 1. The van der Waals surface area contributed by atoms with Crippen LogP contribution < -0.4 is 14.5 Å². The first-order valence-electron chi connectivity index (χ1n) is 12.2. The number of benzene rings is 2. The zero-order valence-electron chi connectivity index (χ0n) is 21.0. The predicted molar refractivity (Wildman–Crippen MR) is 136 cm³/mol. The van der Waals surface area contributed by atoms with Gasteiger partial charge in [0.05, 0.1) is 24.4 Å². The second-order valence-corrected chi connectivity index (χ2v) is 9.45. The molecule has 10 heteroatoms. The Morgan fingerprint density at radius 1 is 1.14 bits per heavy atom. The van der Waals surface area contributed by atoms with Crippen molar-refractivity contribution < 1.29 is 28.8 Å². The van der Waals surface area contributed by atoms with Gasteiger partial charge in [-0.1, -0.05) is 0 Å². The smallest absolute Gasteiger partial charge is 0.333 e. The number of aliphatic imine (C=N–C) groups is 1. The molecule has 10 nitrogen and oxygen atoms in total. The lowest BCUT2D eigenvalue weighted by Crippen LogP contribution is -2.37. The third-order valence-electron chi connectivity index (χ3n) is 6.95. The molecule has 1 saturated heterocycles. The van der Waals surface area contributed by atoms with Crippen molar-refractivity contribution in [2.75, 3.05) is 30.5 Å². The largest absolute Gasteiger partial charge is 0.496 e. The molecule has 0 spiro atoms. The van der Waals surface area contributed by atoms with E-state index in [0.717, 1.165) is 22.5 Å². The number of anilines is 2. The minimum Gasteiger partial charge on any atom is -0.496 e. The summed E-state index contributed by atoms with van der Waals surface area (Å²) in [5, 5.41) is 0.573. The van der Waals surface area contributed by atoms with Gasteiger partial charge in [0.1, 0.15) is 5.75 Å². The number of hydrogen-bond donors (Lipinski definition) is 0. The Balaban J connectivity index is 1.24. The molecule has 0 unspecified atom stereocenters. The highest BCUT2D eigenvalue weighted by molar-refractivity contribution is 6.14. The minimum absolute atomic E-state index is 0.0727. The van der Waals surface area contributed by atoms with Crippen molar-refractivity contribution in [3.63, 3.8) is 0 Å². The van der Waals surface area contributed by atoms with Crippen molar-refractivity contribution in [1.82, 2.24) is 5.06 Å². The van der Waals surface area contributed by atoms with Crippen molar-refractivity contribution >= 4 is 47.0 Å². The number of aryl methyl sites for hydroxylation is 1. The van der Waals surface area contributed by atoms with Gasteiger partial charge in [0.25, 0.3) is 17.7 Å². The summed E-state index contributed by atoms with van der Waals surface area (Å²) < 4.78 is 5.42. The van der Waals surface area contributed by atoms with Crippen molar-refractivity contribution in [2.45, 2.75) is 45.1 Å². The number of carbonyl (C=O) groups is 4. The lowest BCUT2D eigenvalue weighted by Gasteiger charge is -2.23. The van der Waals surface area contributed by atoms with Crippen LogP contribution in [0.15, 0.2) is 35.3 Å². The summed E-state index contributed by atoms with van der Waals surface area (Å²) in [4.78, 5) is 62.1. The second-order valence-electron chi connectivity index (χ2n) is 9.45. The first kappa shape index (κ1) is 24.5. The standard InChI is InChI=1S/C27H28N4O6/c1-16-11-21-20(14-23(16)36-3)27(35)30-19(15-28-21)13-17-12-18(6-7-22(17)30)29(2)10-4-5-26(34)37-31-24(32)8-9-25(31)33/h6-7,11-12,14-15,19H,4-5,8-10,13H2,1-3H3/t19-/m0/s1. The number of carbonyl (C=O) groups excluding carboxylic acids is 4. The van der Waals surface area contributed by atoms with E-state index in [4.69, 9.17) is 9.57 Å². The van der Waals surface area contributed by atoms with Crippen molar-refractivity contribution in [3.8, 4) is 5.75 Å². The van der Waals surface area contributed by atoms with Crippen molar-refractivity contribution in [1.29, 1.82) is 0 Å². The number of fused-ring (bicyclic) bond motifs is 4. The number of amides is 3. The van der Waals surface area contributed by atoms with E-state index < -0.39 is 17.8 Å². The van der Waals surface area contributed by atoms with Crippen LogP contribution in [-0.2, 0) is 25.6 Å². The number of hydrogen-bond acceptors (Lipinski definition) is 8. The molecule has 3 amide bonds. The van der Waals surface area contributed by atoms with E-state index in [-0.39, 0.29) is 31.2 Å². The number of ether oxygens (including phenoxy) is 1. The molecule has 1 fully saturated rings. The van der Waals surface area contributed by atoms with E-state index in [1.54, 1.807) is 18.1 Å². The van der Waals surface area contributed by atoms with Crippen LogP contribution in [-0.4, -0.2) is 61.7 Å². The van der Waals surface area contributed by atoms with Crippen LogP contribution in [0, 0.1) is 6.92 Å². The Kier molecular flexibility index (Phi) is 6.41. The lowest BCUT2D eigenvalue weighted by atomic mass is 10.1. The third-order valence-corrected chi connectivity index (χ3v) is 6.95. The van der Waals surface area contributed by atoms with E-state index in [9.17, 15) is 19.2 Å². The topological polar surface area (TPSA) is 109 Å². The summed E-state index contributed by atoms with van der Waals surface area (Å²) >= 11 is 0. The molecule has 0 saturated carbocycles. The number of nitrogens with zero attached hydrogens (tertiary/aromatic N) is 4. The van der Waals surface area contributed by atoms with Gasteiger partial charge in [0.15, 0.2) is 0 Å². The molecule has 3 aliphatic rings. The predicted octanol–water partition coefficient (Wildman–Crippen LogP) is 3.11. The van der Waals surface area contributed by atoms with Gasteiger partial charge in [0, 0.05) is 56.9 Å². The van der Waals surface area contributed by atoms with Crippen LogP contribution in [0.1, 0.15) is 47.2 Å². The first-order chi connectivity index (χ1) is 17.8. The second kappa shape index (κ2) is 9.68. The summed E-state index contributed by atoms with van der Waals surface area (Å²) in [6, 6.07) is 9.41. The van der Waals surface area contributed by atoms with Gasteiger partial charge in [-0.3, -0.25) is 24.3 Å². The molecule has 0 bridgehead atoms. The van der Waals surface area contributed by atoms with Gasteiger partial charge >= 0.3 is 5.97 Å². The highest BCUT2D eigenvalue weighted by atomic mass is 16.7. The van der Waals surface area contributed by atoms with E-state index >= 15 is 0 Å². The number of methoxy groups -OCH3 is 1. The van der Waals surface area contributed by atoms with Crippen LogP contribution in [0.5, 0.6) is 5.75 Å². The Labute approximate surface area is 214 Å². The summed E-state index contributed by atoms with van der Waals surface area (Å²) in [6.07, 6.45) is 3.20. The molecule has 3 heterocycles. The van der Waals surface area contributed by atoms with E-state index in [0.29, 0.717) is 41.4 Å². The average molecular weight is 505 g/mol. The maximum absolute atomic E-state index is 13.5. The van der Waals surface area contributed by atoms with Crippen LogP contribution in [0.25, 0.3) is 0 Å². The molecule has 2 aromatic rings. The highest BCUT2D eigenvalue weighted by Crippen LogP contribution is 2.39. The fraction of sp³-hybridized carbons (Fsp3) is 0.370. The maximum atomic E-state index is 13.5. The first-order valence-corrected chi connectivity index (χ1v) is 12.2. The molecule has 37 heavy (non-hydrogen) atoms. The maximum Gasteiger partial charge on any atom is 0.333 e. The van der Waals surface area contributed by atoms with Gasteiger partial charge in [-0.2, -0.15) is 0 Å². The Morgan fingerprint density at radius 3 is 2.62 bits per heavy atom. The van der Waals surface area contributed by atoms with Crippen LogP contribution in [0.2, 0.25) is 0 Å². The lowest BCUT2D eigenvalue weighted by molar-refractivity contribution is -0.197. The van der Waals surface area contributed by atoms with Gasteiger partial charge in [-0.05, 0) is 54.8 Å². The molecular formula is C27H28N4O6. The fourth-order valence-electron chi connectivity index (χ4n) is 4.94.